The average molecular weight is 185 g/mol. The van der Waals surface area contributed by atoms with Crippen LogP contribution in [0.4, 0.5) is 0 Å². The van der Waals surface area contributed by atoms with E-state index in [-0.39, 0.29) is 0 Å². The maximum absolute atomic E-state index is 5.89. The first kappa shape index (κ1) is 6.88. The Labute approximate surface area is 72.9 Å². The Balaban J connectivity index is 2.53. The predicted octanol–water partition coefficient (Wildman–Crippen LogP) is 2.79. The molecule has 0 saturated carbocycles. The Morgan fingerprint density at radius 3 is 3.00 bits per heavy atom. The fraction of sp³-hybridized carbons (Fsp3) is 0. The molecule has 0 amide bonds. The lowest BCUT2D eigenvalue weighted by molar-refractivity contribution is 1.32. The quantitative estimate of drug-likeness (QED) is 0.726. The molecule has 0 radical (unpaired) electrons. The van der Waals surface area contributed by atoms with Crippen LogP contribution in [-0.2, 0) is 0 Å². The first-order chi connectivity index (χ1) is 5.38. The molecule has 2 aromatic heterocycles. The molecule has 0 aliphatic rings. The van der Waals surface area contributed by atoms with Gasteiger partial charge in [-0.05, 0) is 11.4 Å². The minimum Gasteiger partial charge on any atom is -0.344 e. The maximum Gasteiger partial charge on any atom is 0.0924 e. The summed E-state index contributed by atoms with van der Waals surface area (Å²) >= 11 is 7.50. The van der Waals surface area contributed by atoms with Crippen molar-refractivity contribution in [1.82, 2.24) is 9.97 Å². The molecule has 0 saturated heterocycles. The van der Waals surface area contributed by atoms with Gasteiger partial charge in [-0.15, -0.1) is 11.3 Å². The summed E-state index contributed by atoms with van der Waals surface area (Å²) in [7, 11) is 0. The van der Waals surface area contributed by atoms with Crippen LogP contribution < -0.4 is 0 Å². The molecule has 11 heavy (non-hydrogen) atoms. The van der Waals surface area contributed by atoms with E-state index >= 15 is 0 Å². The third-order valence-corrected chi connectivity index (χ3v) is 2.73. The van der Waals surface area contributed by atoms with Gasteiger partial charge in [0.25, 0.3) is 0 Å². The van der Waals surface area contributed by atoms with Crippen LogP contribution in [0.25, 0.3) is 10.6 Å². The molecule has 0 aliphatic carbocycles. The van der Waals surface area contributed by atoms with E-state index in [0.29, 0.717) is 0 Å². The summed E-state index contributed by atoms with van der Waals surface area (Å²) in [5.41, 5.74) is 0.977. The number of hydrogen-bond acceptors (Lipinski definition) is 2. The molecule has 56 valence electrons. The Bertz CT molecular complexity index is 339. The molecule has 2 rings (SSSR count). The van der Waals surface area contributed by atoms with Gasteiger partial charge < -0.3 is 4.98 Å². The van der Waals surface area contributed by atoms with Crippen molar-refractivity contribution < 1.29 is 0 Å². The van der Waals surface area contributed by atoms with Gasteiger partial charge >= 0.3 is 0 Å². The number of hydrogen-bond donors (Lipinski definition) is 1. The molecule has 2 aromatic rings. The molecule has 0 spiro atoms. The highest BCUT2D eigenvalue weighted by molar-refractivity contribution is 7.14. The normalized spacial score (nSPS) is 10.3. The highest BCUT2D eigenvalue weighted by atomic mass is 35.5. The number of halogens is 1. The van der Waals surface area contributed by atoms with Crippen LogP contribution in [-0.4, -0.2) is 9.97 Å². The monoisotopic (exact) mass is 184 g/mol. The molecule has 0 atom stereocenters. The lowest BCUT2D eigenvalue weighted by atomic mass is 10.4. The smallest absolute Gasteiger partial charge is 0.0924 e. The van der Waals surface area contributed by atoms with E-state index in [1.807, 2.05) is 11.4 Å². The van der Waals surface area contributed by atoms with Crippen molar-refractivity contribution in [3.8, 4) is 10.6 Å². The molecule has 0 fully saturated rings. The van der Waals surface area contributed by atoms with Gasteiger partial charge in [-0.25, -0.2) is 4.98 Å². The van der Waals surface area contributed by atoms with Gasteiger partial charge in [-0.2, -0.15) is 0 Å². The lowest BCUT2D eigenvalue weighted by Crippen LogP contribution is -1.68. The van der Waals surface area contributed by atoms with Crippen LogP contribution in [0, 0.1) is 0 Å². The van der Waals surface area contributed by atoms with Crippen molar-refractivity contribution in [2.75, 3.05) is 0 Å². The summed E-state index contributed by atoms with van der Waals surface area (Å²) in [6.07, 6.45) is 3.41. The third kappa shape index (κ3) is 1.17. The number of nitrogens with zero attached hydrogens (tertiary/aromatic N) is 1. The van der Waals surface area contributed by atoms with Gasteiger partial charge in [-0.1, -0.05) is 11.6 Å². The van der Waals surface area contributed by atoms with Crippen molar-refractivity contribution in [2.24, 2.45) is 0 Å². The zero-order valence-corrected chi connectivity index (χ0v) is 7.12. The Morgan fingerprint density at radius 2 is 2.45 bits per heavy atom. The van der Waals surface area contributed by atoms with Crippen LogP contribution >= 0.6 is 22.9 Å². The number of rotatable bonds is 1. The zero-order chi connectivity index (χ0) is 7.68. The van der Waals surface area contributed by atoms with Gasteiger partial charge in [0.1, 0.15) is 0 Å². The second kappa shape index (κ2) is 2.68. The minimum absolute atomic E-state index is 0.777. The summed E-state index contributed by atoms with van der Waals surface area (Å²) in [5.74, 6) is 0. The van der Waals surface area contributed by atoms with Crippen LogP contribution in [0.15, 0.2) is 24.0 Å². The van der Waals surface area contributed by atoms with E-state index in [4.69, 9.17) is 11.6 Å². The molecule has 4 heteroatoms. The molecule has 2 nitrogen and oxygen atoms in total. The van der Waals surface area contributed by atoms with Crippen LogP contribution in [0.1, 0.15) is 0 Å². The van der Waals surface area contributed by atoms with Crippen molar-refractivity contribution in [3.05, 3.63) is 29.0 Å². The van der Waals surface area contributed by atoms with Crippen molar-refractivity contribution in [2.45, 2.75) is 0 Å². The second-order valence-corrected chi connectivity index (χ2v) is 3.39. The molecular formula is C7H5ClN2S. The van der Waals surface area contributed by atoms with Crippen molar-refractivity contribution >= 4 is 22.9 Å². The Hall–Kier alpha value is -0.800. The van der Waals surface area contributed by atoms with Gasteiger partial charge in [-0.3, -0.25) is 0 Å². The molecule has 1 N–H and O–H groups in total. The number of imidazole rings is 1. The molecule has 2 heterocycles. The Kier molecular flexibility index (Phi) is 1.68. The van der Waals surface area contributed by atoms with Gasteiger partial charge in [0, 0.05) is 0 Å². The van der Waals surface area contributed by atoms with E-state index in [9.17, 15) is 0 Å². The number of aromatic nitrogens is 2. The molecule has 0 bridgehead atoms. The predicted molar refractivity (Wildman–Crippen MR) is 46.9 cm³/mol. The van der Waals surface area contributed by atoms with E-state index < -0.39 is 0 Å². The fourth-order valence-corrected chi connectivity index (χ4v) is 2.00. The van der Waals surface area contributed by atoms with Crippen LogP contribution in [0.5, 0.6) is 0 Å². The van der Waals surface area contributed by atoms with E-state index in [2.05, 4.69) is 9.97 Å². The minimum atomic E-state index is 0.777. The second-order valence-electron chi connectivity index (χ2n) is 2.06. The fourth-order valence-electron chi connectivity index (χ4n) is 0.866. The summed E-state index contributed by atoms with van der Waals surface area (Å²) in [6.45, 7) is 0. The van der Waals surface area contributed by atoms with Gasteiger partial charge in [0.15, 0.2) is 0 Å². The van der Waals surface area contributed by atoms with Crippen LogP contribution in [0.3, 0.4) is 0 Å². The van der Waals surface area contributed by atoms with Gasteiger partial charge in [0.2, 0.25) is 0 Å². The Morgan fingerprint density at radius 1 is 1.55 bits per heavy atom. The lowest BCUT2D eigenvalue weighted by Gasteiger charge is -1.89. The van der Waals surface area contributed by atoms with Crippen molar-refractivity contribution in [1.29, 1.82) is 0 Å². The standard InChI is InChI=1S/C7H5ClN2S/c8-5-1-2-11-7(5)6-3-9-4-10-6/h1-4H,(H,9,10). The topological polar surface area (TPSA) is 28.7 Å². The number of nitrogens with one attached hydrogen (secondary N) is 1. The van der Waals surface area contributed by atoms with E-state index in [0.717, 1.165) is 15.6 Å². The highest BCUT2D eigenvalue weighted by Gasteiger charge is 2.04. The number of H-pyrrole nitrogens is 1. The largest absolute Gasteiger partial charge is 0.344 e. The maximum atomic E-state index is 5.89. The summed E-state index contributed by atoms with van der Waals surface area (Å²) in [5, 5.41) is 2.73. The summed E-state index contributed by atoms with van der Waals surface area (Å²) < 4.78 is 0. The van der Waals surface area contributed by atoms with E-state index in [1.54, 1.807) is 23.9 Å². The van der Waals surface area contributed by atoms with Crippen molar-refractivity contribution in [3.63, 3.8) is 0 Å². The molecule has 0 aromatic carbocycles. The molecule has 0 aliphatic heterocycles. The molecular weight excluding hydrogens is 180 g/mol. The summed E-state index contributed by atoms with van der Waals surface area (Å²) in [6, 6.07) is 1.88. The highest BCUT2D eigenvalue weighted by Crippen LogP contribution is 2.31. The summed E-state index contributed by atoms with van der Waals surface area (Å²) in [4.78, 5) is 7.95. The zero-order valence-electron chi connectivity index (χ0n) is 5.54. The van der Waals surface area contributed by atoms with E-state index in [1.165, 1.54) is 0 Å². The van der Waals surface area contributed by atoms with Gasteiger partial charge in [0.05, 0.1) is 28.1 Å². The number of thiophene rings is 1. The number of aromatic amines is 1. The molecule has 0 unspecified atom stereocenters. The SMILES string of the molecule is Clc1ccsc1-c1cnc[nH]1. The first-order valence-corrected chi connectivity index (χ1v) is 4.35. The first-order valence-electron chi connectivity index (χ1n) is 3.09. The third-order valence-electron chi connectivity index (χ3n) is 1.36. The average Bonchev–Trinajstić information content (AvgIpc) is 2.55. The van der Waals surface area contributed by atoms with Crippen LogP contribution in [0.2, 0.25) is 5.02 Å².